The molecule has 1 fully saturated rings. The minimum absolute atomic E-state index is 0.0349. The van der Waals surface area contributed by atoms with Gasteiger partial charge in [-0.15, -0.1) is 0 Å². The van der Waals surface area contributed by atoms with Gasteiger partial charge in [0.25, 0.3) is 10.0 Å². The number of hydrogen-bond donors (Lipinski definition) is 1. The SMILES string of the molecule is COc1ccc2cnn(C)c2c1S(=O)(=O)Nc1ccc(-n2cc(C3CC3)cn2)nc1. The number of methoxy groups -OCH3 is 1. The normalized spacial score (nSPS) is 14.2. The van der Waals surface area contributed by atoms with Crippen LogP contribution in [0.4, 0.5) is 5.69 Å². The number of rotatable bonds is 6. The quantitative estimate of drug-likeness (QED) is 0.510. The summed E-state index contributed by atoms with van der Waals surface area (Å²) in [5.74, 6) is 1.47. The van der Waals surface area contributed by atoms with Crippen LogP contribution < -0.4 is 9.46 Å². The molecule has 1 saturated carbocycles. The summed E-state index contributed by atoms with van der Waals surface area (Å²) in [5, 5.41) is 9.22. The summed E-state index contributed by atoms with van der Waals surface area (Å²) >= 11 is 0. The molecular formula is C20H20N6O3S. The zero-order chi connectivity index (χ0) is 20.9. The molecule has 30 heavy (non-hydrogen) atoms. The Labute approximate surface area is 173 Å². The summed E-state index contributed by atoms with van der Waals surface area (Å²) in [4.78, 5) is 4.39. The number of aromatic nitrogens is 5. The van der Waals surface area contributed by atoms with Crippen LogP contribution in [0.25, 0.3) is 16.7 Å². The lowest BCUT2D eigenvalue weighted by atomic mass is 10.2. The van der Waals surface area contributed by atoms with Gasteiger partial charge in [-0.3, -0.25) is 9.40 Å². The van der Waals surface area contributed by atoms with Gasteiger partial charge in [-0.1, -0.05) is 0 Å². The second-order valence-electron chi connectivity index (χ2n) is 7.31. The minimum Gasteiger partial charge on any atom is -0.495 e. The maximum absolute atomic E-state index is 13.2. The standard InChI is InChI=1S/C20H20N6O3S/c1-25-19-14(9-22-25)5-7-17(29-2)20(19)30(27,28)24-16-6-8-18(21-11-16)26-12-15(10-23-26)13-3-4-13/h5-13,24H,3-4H2,1-2H3. The average molecular weight is 424 g/mol. The van der Waals surface area contributed by atoms with Crippen molar-refractivity contribution in [2.24, 2.45) is 7.05 Å². The Morgan fingerprint density at radius 1 is 1.10 bits per heavy atom. The molecule has 1 aliphatic carbocycles. The van der Waals surface area contributed by atoms with Crippen molar-refractivity contribution in [1.82, 2.24) is 24.5 Å². The van der Waals surface area contributed by atoms with E-state index >= 15 is 0 Å². The average Bonchev–Trinajstić information content (AvgIpc) is 3.36. The Hall–Kier alpha value is -3.40. The van der Waals surface area contributed by atoms with Crippen molar-refractivity contribution in [2.75, 3.05) is 11.8 Å². The van der Waals surface area contributed by atoms with E-state index in [1.807, 2.05) is 12.4 Å². The molecule has 4 aromatic rings. The Kier molecular flexibility index (Phi) is 4.24. The van der Waals surface area contributed by atoms with Crippen molar-refractivity contribution in [2.45, 2.75) is 23.7 Å². The first kappa shape index (κ1) is 18.6. The van der Waals surface area contributed by atoms with Gasteiger partial charge in [-0.2, -0.15) is 10.2 Å². The molecule has 0 unspecified atom stereocenters. The third-order valence-electron chi connectivity index (χ3n) is 5.19. The van der Waals surface area contributed by atoms with Crippen molar-refractivity contribution in [3.8, 4) is 11.6 Å². The van der Waals surface area contributed by atoms with Gasteiger partial charge in [0.2, 0.25) is 0 Å². The largest absolute Gasteiger partial charge is 0.495 e. The molecule has 10 heteroatoms. The van der Waals surface area contributed by atoms with E-state index in [2.05, 4.69) is 19.9 Å². The molecule has 1 N–H and O–H groups in total. The highest BCUT2D eigenvalue weighted by atomic mass is 32.2. The van der Waals surface area contributed by atoms with Gasteiger partial charge in [0.1, 0.15) is 5.75 Å². The van der Waals surface area contributed by atoms with Crippen molar-refractivity contribution < 1.29 is 13.2 Å². The van der Waals surface area contributed by atoms with Gasteiger partial charge in [-0.05, 0) is 48.6 Å². The molecule has 0 spiro atoms. The van der Waals surface area contributed by atoms with E-state index < -0.39 is 10.0 Å². The summed E-state index contributed by atoms with van der Waals surface area (Å²) in [6, 6.07) is 6.78. The molecule has 0 bridgehead atoms. The minimum atomic E-state index is -3.95. The maximum atomic E-state index is 13.2. The van der Waals surface area contributed by atoms with Gasteiger partial charge >= 0.3 is 0 Å². The Morgan fingerprint density at radius 3 is 2.63 bits per heavy atom. The van der Waals surface area contributed by atoms with Gasteiger partial charge in [0, 0.05) is 18.6 Å². The van der Waals surface area contributed by atoms with E-state index in [0.717, 1.165) is 0 Å². The number of fused-ring (bicyclic) bond motifs is 1. The van der Waals surface area contributed by atoms with Crippen molar-refractivity contribution >= 4 is 26.6 Å². The summed E-state index contributed by atoms with van der Waals surface area (Å²) in [6.45, 7) is 0. The monoisotopic (exact) mass is 424 g/mol. The molecule has 154 valence electrons. The third kappa shape index (κ3) is 3.18. The molecular weight excluding hydrogens is 404 g/mol. The predicted octanol–water partition coefficient (Wildman–Crippen LogP) is 2.84. The molecule has 5 rings (SSSR count). The van der Waals surface area contributed by atoms with Crippen LogP contribution in [0.15, 0.2) is 53.9 Å². The summed E-state index contributed by atoms with van der Waals surface area (Å²) in [7, 11) is -0.821. The summed E-state index contributed by atoms with van der Waals surface area (Å²) in [6.07, 6.45) is 9.32. The van der Waals surface area contributed by atoms with Crippen molar-refractivity contribution in [1.29, 1.82) is 0 Å². The molecule has 1 aliphatic rings. The Bertz CT molecular complexity index is 1340. The number of ether oxygens (including phenoxy) is 1. The number of nitrogens with zero attached hydrogens (tertiary/aromatic N) is 5. The van der Waals surface area contributed by atoms with E-state index in [-0.39, 0.29) is 10.6 Å². The van der Waals surface area contributed by atoms with Crippen LogP contribution >= 0.6 is 0 Å². The lowest BCUT2D eigenvalue weighted by Crippen LogP contribution is -2.16. The van der Waals surface area contributed by atoms with Crippen LogP contribution in [0.1, 0.15) is 24.3 Å². The fraction of sp³-hybridized carbons (Fsp3) is 0.250. The molecule has 3 aromatic heterocycles. The lowest BCUT2D eigenvalue weighted by Gasteiger charge is -2.13. The maximum Gasteiger partial charge on any atom is 0.267 e. The fourth-order valence-corrected chi connectivity index (χ4v) is 4.96. The number of pyridine rings is 1. The second-order valence-corrected chi connectivity index (χ2v) is 8.93. The second kappa shape index (κ2) is 6.84. The van der Waals surface area contributed by atoms with Gasteiger partial charge in [-0.25, -0.2) is 18.1 Å². The van der Waals surface area contributed by atoms with Crippen LogP contribution in [0.5, 0.6) is 5.75 Å². The van der Waals surface area contributed by atoms with Crippen LogP contribution in [0.3, 0.4) is 0 Å². The number of aryl methyl sites for hydroxylation is 1. The van der Waals surface area contributed by atoms with Crippen molar-refractivity contribution in [3.63, 3.8) is 0 Å². The third-order valence-corrected chi connectivity index (χ3v) is 6.63. The zero-order valence-electron chi connectivity index (χ0n) is 16.5. The Balaban J connectivity index is 1.46. The first-order valence-electron chi connectivity index (χ1n) is 9.49. The molecule has 0 amide bonds. The number of anilines is 1. The molecule has 3 heterocycles. The van der Waals surface area contributed by atoms with E-state index in [9.17, 15) is 8.42 Å². The van der Waals surface area contributed by atoms with E-state index in [0.29, 0.717) is 28.3 Å². The van der Waals surface area contributed by atoms with E-state index in [1.165, 1.54) is 36.4 Å². The summed E-state index contributed by atoms with van der Waals surface area (Å²) < 4.78 is 37.5. The van der Waals surface area contributed by atoms with E-state index in [1.54, 1.807) is 42.2 Å². The highest BCUT2D eigenvalue weighted by Crippen LogP contribution is 2.39. The fourth-order valence-electron chi connectivity index (χ4n) is 3.51. The molecule has 9 nitrogen and oxygen atoms in total. The van der Waals surface area contributed by atoms with Crippen LogP contribution in [0, 0.1) is 0 Å². The molecule has 0 aliphatic heterocycles. The molecule has 0 radical (unpaired) electrons. The number of benzene rings is 1. The number of nitrogens with one attached hydrogen (secondary N) is 1. The van der Waals surface area contributed by atoms with Gasteiger partial charge in [0.15, 0.2) is 10.7 Å². The van der Waals surface area contributed by atoms with Crippen LogP contribution in [-0.2, 0) is 17.1 Å². The van der Waals surface area contributed by atoms with Crippen LogP contribution in [0.2, 0.25) is 0 Å². The zero-order valence-corrected chi connectivity index (χ0v) is 17.3. The highest BCUT2D eigenvalue weighted by Gasteiger charge is 2.26. The number of sulfonamides is 1. The molecule has 1 aromatic carbocycles. The Morgan fingerprint density at radius 2 is 1.93 bits per heavy atom. The molecule has 0 atom stereocenters. The first-order chi connectivity index (χ1) is 14.5. The van der Waals surface area contributed by atoms with E-state index in [4.69, 9.17) is 4.74 Å². The lowest BCUT2D eigenvalue weighted by molar-refractivity contribution is 0.403. The predicted molar refractivity (Wildman–Crippen MR) is 111 cm³/mol. The number of hydrogen-bond acceptors (Lipinski definition) is 6. The van der Waals surface area contributed by atoms with Gasteiger partial charge in [0.05, 0.1) is 36.9 Å². The smallest absolute Gasteiger partial charge is 0.267 e. The first-order valence-corrected chi connectivity index (χ1v) is 11.0. The summed E-state index contributed by atoms with van der Waals surface area (Å²) in [5.41, 5.74) is 2.02. The highest BCUT2D eigenvalue weighted by molar-refractivity contribution is 7.93. The van der Waals surface area contributed by atoms with Crippen molar-refractivity contribution in [3.05, 3.63) is 54.6 Å². The molecule has 0 saturated heterocycles. The van der Waals surface area contributed by atoms with Crippen LogP contribution in [-0.4, -0.2) is 40.1 Å². The topological polar surface area (TPSA) is 104 Å². The van der Waals surface area contributed by atoms with Gasteiger partial charge < -0.3 is 4.74 Å².